The maximum atomic E-state index is 12.1. The number of nitrogens with one attached hydrogen (secondary N) is 1. The number of amides is 1. The van der Waals surface area contributed by atoms with Crippen molar-refractivity contribution in [2.45, 2.75) is 18.9 Å². The number of aromatic nitrogens is 3. The van der Waals surface area contributed by atoms with Crippen LogP contribution in [0.15, 0.2) is 30.6 Å². The van der Waals surface area contributed by atoms with Gasteiger partial charge in [0.25, 0.3) is 0 Å². The largest absolute Gasteiger partial charge is 0.324 e. The van der Waals surface area contributed by atoms with Gasteiger partial charge in [0.15, 0.2) is 0 Å². The molecule has 6 heteroatoms. The fourth-order valence-corrected chi connectivity index (χ4v) is 2.29. The highest BCUT2D eigenvalue weighted by atomic mass is 35.5. The van der Waals surface area contributed by atoms with Crippen molar-refractivity contribution in [1.82, 2.24) is 14.8 Å². The minimum Gasteiger partial charge on any atom is -0.324 e. The van der Waals surface area contributed by atoms with Gasteiger partial charge in [-0.25, -0.2) is 9.67 Å². The number of halogens is 1. The van der Waals surface area contributed by atoms with E-state index in [1.165, 1.54) is 11.0 Å². The topological polar surface area (TPSA) is 59.8 Å². The van der Waals surface area contributed by atoms with Crippen LogP contribution in [0.4, 0.5) is 5.69 Å². The number of para-hydroxylation sites is 1. The van der Waals surface area contributed by atoms with Gasteiger partial charge in [-0.05, 0) is 36.1 Å². The summed E-state index contributed by atoms with van der Waals surface area (Å²) in [5, 5.41) is 7.07. The lowest BCUT2D eigenvalue weighted by atomic mass is 10.1. The second kappa shape index (κ2) is 4.42. The molecule has 2 heterocycles. The molecule has 0 bridgehead atoms. The van der Waals surface area contributed by atoms with Crippen LogP contribution in [-0.4, -0.2) is 20.7 Å². The fourth-order valence-electron chi connectivity index (χ4n) is 2.16. The van der Waals surface area contributed by atoms with E-state index in [9.17, 15) is 4.79 Å². The molecule has 0 saturated carbocycles. The minimum absolute atomic E-state index is 0.0819. The predicted octanol–water partition coefficient (Wildman–Crippen LogP) is 2.06. The number of anilines is 1. The molecule has 0 aliphatic carbocycles. The van der Waals surface area contributed by atoms with Crippen LogP contribution in [0.1, 0.15) is 18.0 Å². The zero-order chi connectivity index (χ0) is 12.5. The molecule has 0 saturated heterocycles. The minimum atomic E-state index is -0.364. The third-order valence-corrected chi connectivity index (χ3v) is 3.24. The van der Waals surface area contributed by atoms with Crippen molar-refractivity contribution >= 4 is 23.2 Å². The molecule has 3 rings (SSSR count). The van der Waals surface area contributed by atoms with Crippen LogP contribution >= 0.6 is 11.6 Å². The van der Waals surface area contributed by atoms with Gasteiger partial charge in [0, 0.05) is 5.69 Å². The van der Waals surface area contributed by atoms with Gasteiger partial charge < -0.3 is 5.32 Å². The van der Waals surface area contributed by atoms with Gasteiger partial charge >= 0.3 is 0 Å². The summed E-state index contributed by atoms with van der Waals surface area (Å²) in [7, 11) is 0. The zero-order valence-corrected chi connectivity index (χ0v) is 10.3. The molecule has 2 aromatic rings. The second-order valence-corrected chi connectivity index (χ2v) is 4.53. The predicted molar refractivity (Wildman–Crippen MR) is 67.5 cm³/mol. The Kier molecular flexibility index (Phi) is 2.76. The molecule has 5 nitrogen and oxygen atoms in total. The van der Waals surface area contributed by atoms with Gasteiger partial charge in [0.2, 0.25) is 11.2 Å². The average Bonchev–Trinajstić information content (AvgIpc) is 2.70. The number of carbonyl (C=O) groups excluding carboxylic acids is 1. The van der Waals surface area contributed by atoms with Crippen LogP contribution in [0.5, 0.6) is 0 Å². The molecule has 1 amide bonds. The van der Waals surface area contributed by atoms with Crippen LogP contribution < -0.4 is 5.32 Å². The average molecular weight is 263 g/mol. The SMILES string of the molecule is O=C1Nc2ccccc2CC[C@H]1n1cnc(Cl)n1. The third-order valence-electron chi connectivity index (χ3n) is 3.06. The third kappa shape index (κ3) is 1.97. The molecule has 1 atom stereocenters. The molecule has 0 fully saturated rings. The van der Waals surface area contributed by atoms with Gasteiger partial charge in [0.05, 0.1) is 0 Å². The van der Waals surface area contributed by atoms with Gasteiger partial charge in [-0.2, -0.15) is 0 Å². The first-order valence-corrected chi connectivity index (χ1v) is 6.07. The summed E-state index contributed by atoms with van der Waals surface area (Å²) >= 11 is 5.68. The summed E-state index contributed by atoms with van der Waals surface area (Å²) in [5.41, 5.74) is 2.01. The molecule has 1 N–H and O–H groups in total. The Hall–Kier alpha value is -1.88. The Bertz CT molecular complexity index is 595. The molecule has 0 spiro atoms. The molecule has 0 radical (unpaired) electrons. The molecule has 92 valence electrons. The Morgan fingerprint density at radius 2 is 2.22 bits per heavy atom. The number of nitrogens with zero attached hydrogens (tertiary/aromatic N) is 3. The van der Waals surface area contributed by atoms with Crippen molar-refractivity contribution in [3.05, 3.63) is 41.4 Å². The Morgan fingerprint density at radius 3 is 3.00 bits per heavy atom. The van der Waals surface area contributed by atoms with E-state index in [0.717, 1.165) is 17.7 Å². The lowest BCUT2D eigenvalue weighted by Crippen LogP contribution is -2.25. The van der Waals surface area contributed by atoms with Crippen molar-refractivity contribution in [2.24, 2.45) is 0 Å². The number of hydrogen-bond acceptors (Lipinski definition) is 3. The molecule has 1 aromatic carbocycles. The number of benzene rings is 1. The van der Waals surface area contributed by atoms with Crippen LogP contribution in [0.2, 0.25) is 5.28 Å². The standard InChI is InChI=1S/C12H11ClN4O/c13-12-14-7-17(16-12)10-6-5-8-3-1-2-4-9(8)15-11(10)18/h1-4,7,10H,5-6H2,(H,15,18)/t10-/m1/s1. The van der Waals surface area contributed by atoms with E-state index in [-0.39, 0.29) is 17.2 Å². The maximum absolute atomic E-state index is 12.1. The van der Waals surface area contributed by atoms with E-state index >= 15 is 0 Å². The molecule has 1 aliphatic heterocycles. The highest BCUT2D eigenvalue weighted by molar-refractivity contribution is 6.28. The van der Waals surface area contributed by atoms with Crippen LogP contribution in [0.3, 0.4) is 0 Å². The highest BCUT2D eigenvalue weighted by Gasteiger charge is 2.25. The first-order chi connectivity index (χ1) is 8.74. The molecular formula is C12H11ClN4O. The Balaban J connectivity index is 1.91. The molecular weight excluding hydrogens is 252 g/mol. The second-order valence-electron chi connectivity index (χ2n) is 4.19. The van der Waals surface area contributed by atoms with Crippen LogP contribution in [0, 0.1) is 0 Å². The summed E-state index contributed by atoms with van der Waals surface area (Å²) in [6, 6.07) is 7.44. The quantitative estimate of drug-likeness (QED) is 0.856. The van der Waals surface area contributed by atoms with Gasteiger partial charge in [-0.1, -0.05) is 18.2 Å². The van der Waals surface area contributed by atoms with Crippen molar-refractivity contribution < 1.29 is 4.79 Å². The van der Waals surface area contributed by atoms with E-state index in [1.807, 2.05) is 24.3 Å². The monoisotopic (exact) mass is 262 g/mol. The zero-order valence-electron chi connectivity index (χ0n) is 9.51. The van der Waals surface area contributed by atoms with Crippen LogP contribution in [0.25, 0.3) is 0 Å². The number of hydrogen-bond donors (Lipinski definition) is 1. The van der Waals surface area contributed by atoms with E-state index in [1.54, 1.807) is 0 Å². The normalized spacial score (nSPS) is 18.9. The molecule has 1 aliphatic rings. The van der Waals surface area contributed by atoms with Gasteiger partial charge in [0.1, 0.15) is 12.4 Å². The van der Waals surface area contributed by atoms with E-state index in [2.05, 4.69) is 15.4 Å². The smallest absolute Gasteiger partial charge is 0.249 e. The summed E-state index contributed by atoms with van der Waals surface area (Å²) in [6.45, 7) is 0. The van der Waals surface area contributed by atoms with Gasteiger partial charge in [-0.15, -0.1) is 5.10 Å². The van der Waals surface area contributed by atoms with E-state index in [0.29, 0.717) is 6.42 Å². The first kappa shape index (κ1) is 11.2. The van der Waals surface area contributed by atoms with Crippen molar-refractivity contribution in [3.63, 3.8) is 0 Å². The van der Waals surface area contributed by atoms with Crippen LogP contribution in [-0.2, 0) is 11.2 Å². The maximum Gasteiger partial charge on any atom is 0.249 e. The molecule has 18 heavy (non-hydrogen) atoms. The number of fused-ring (bicyclic) bond motifs is 1. The Labute approximate surface area is 109 Å². The number of carbonyl (C=O) groups is 1. The first-order valence-electron chi connectivity index (χ1n) is 5.69. The lowest BCUT2D eigenvalue weighted by molar-refractivity contribution is -0.119. The lowest BCUT2D eigenvalue weighted by Gasteiger charge is -2.12. The number of aryl methyl sites for hydroxylation is 1. The summed E-state index contributed by atoms with van der Waals surface area (Å²) < 4.78 is 1.52. The van der Waals surface area contributed by atoms with Gasteiger partial charge in [-0.3, -0.25) is 4.79 Å². The highest BCUT2D eigenvalue weighted by Crippen LogP contribution is 2.26. The summed E-state index contributed by atoms with van der Waals surface area (Å²) in [5.74, 6) is -0.0819. The Morgan fingerprint density at radius 1 is 1.39 bits per heavy atom. The van der Waals surface area contributed by atoms with Crippen molar-refractivity contribution in [3.8, 4) is 0 Å². The molecule has 0 unspecified atom stereocenters. The summed E-state index contributed by atoms with van der Waals surface area (Å²) in [4.78, 5) is 16.0. The van der Waals surface area contributed by atoms with E-state index in [4.69, 9.17) is 11.6 Å². The van der Waals surface area contributed by atoms with E-state index < -0.39 is 0 Å². The molecule has 1 aromatic heterocycles. The van der Waals surface area contributed by atoms with Crippen molar-refractivity contribution in [1.29, 1.82) is 0 Å². The number of rotatable bonds is 1. The van der Waals surface area contributed by atoms with Crippen molar-refractivity contribution in [2.75, 3.05) is 5.32 Å². The summed E-state index contributed by atoms with van der Waals surface area (Å²) in [6.07, 6.45) is 2.99. The fraction of sp³-hybridized carbons (Fsp3) is 0.250.